The lowest BCUT2D eigenvalue weighted by Crippen LogP contribution is -2.29. The fourth-order valence-electron chi connectivity index (χ4n) is 4.09. The molecule has 0 saturated carbocycles. The van der Waals surface area contributed by atoms with Crippen LogP contribution in [-0.2, 0) is 4.79 Å². The molecule has 0 saturated heterocycles. The van der Waals surface area contributed by atoms with Gasteiger partial charge in [0.1, 0.15) is 5.75 Å². The monoisotopic (exact) mass is 529 g/mol. The number of carbonyl (C=O) groups is 1. The number of amides is 1. The predicted octanol–water partition coefficient (Wildman–Crippen LogP) is 4.12. The van der Waals surface area contributed by atoms with Gasteiger partial charge in [0, 0.05) is 50.4 Å². The first-order chi connectivity index (χ1) is 18.8. The van der Waals surface area contributed by atoms with Gasteiger partial charge in [-0.3, -0.25) is 4.79 Å². The molecule has 1 amide bonds. The van der Waals surface area contributed by atoms with Crippen molar-refractivity contribution < 1.29 is 9.53 Å². The summed E-state index contributed by atoms with van der Waals surface area (Å²) in [6.07, 6.45) is 2.91. The van der Waals surface area contributed by atoms with E-state index in [1.165, 1.54) is 6.08 Å². The normalized spacial score (nSPS) is 10.9. The highest BCUT2D eigenvalue weighted by molar-refractivity contribution is 6.02. The summed E-state index contributed by atoms with van der Waals surface area (Å²) in [6, 6.07) is 13.5. The van der Waals surface area contributed by atoms with Crippen molar-refractivity contribution in [2.45, 2.75) is 6.92 Å². The first-order valence-electron chi connectivity index (χ1n) is 12.7. The van der Waals surface area contributed by atoms with Gasteiger partial charge in [0.15, 0.2) is 11.6 Å². The lowest BCUT2D eigenvalue weighted by atomic mass is 10.2. The molecule has 0 aliphatic carbocycles. The molecule has 4 aromatic rings. The molecule has 11 heteroatoms. The number of para-hydroxylation sites is 1. The lowest BCUT2D eigenvalue weighted by molar-refractivity contribution is -0.111. The lowest BCUT2D eigenvalue weighted by Gasteiger charge is -2.26. The molecule has 0 spiro atoms. The molecular formula is C28H35N9O2. The van der Waals surface area contributed by atoms with Crippen molar-refractivity contribution in [3.8, 4) is 11.6 Å². The largest absolute Gasteiger partial charge is 0.494 e. The standard InChI is InChI=1S/C28H35N9O2/c1-7-26(38)31-20-17-21(24(39-6)18-23(20)36(5)16-15-35(3)4)32-28-30-14-13-25(33-28)37-22-12-10-9-11-19(22)27(34-37)29-8-2/h7,9-14,17-18H,1,8,15-16H2,2-6H3,(H,29,34)(H,31,38)(H,30,32,33). The number of aromatic nitrogens is 4. The highest BCUT2D eigenvalue weighted by Gasteiger charge is 2.17. The SMILES string of the molecule is C=CC(=O)Nc1cc(Nc2nccc(-n3nc(NCC)c4ccccc43)n2)c(OC)cc1N(C)CCN(C)C. The summed E-state index contributed by atoms with van der Waals surface area (Å²) in [7, 11) is 7.60. The first-order valence-corrected chi connectivity index (χ1v) is 12.7. The Labute approximate surface area is 228 Å². The van der Waals surface area contributed by atoms with Gasteiger partial charge in [-0.2, -0.15) is 4.98 Å². The molecule has 0 fully saturated rings. The second kappa shape index (κ2) is 12.3. The third kappa shape index (κ3) is 6.27. The Hall–Kier alpha value is -4.64. The molecule has 0 radical (unpaired) electrons. The summed E-state index contributed by atoms with van der Waals surface area (Å²) in [6.45, 7) is 7.95. The van der Waals surface area contributed by atoms with Gasteiger partial charge >= 0.3 is 0 Å². The average molecular weight is 530 g/mol. The van der Waals surface area contributed by atoms with E-state index in [9.17, 15) is 4.79 Å². The molecule has 0 unspecified atom stereocenters. The molecule has 204 valence electrons. The first kappa shape index (κ1) is 27.4. The van der Waals surface area contributed by atoms with Gasteiger partial charge in [0.25, 0.3) is 0 Å². The van der Waals surface area contributed by atoms with Gasteiger partial charge in [-0.15, -0.1) is 5.10 Å². The van der Waals surface area contributed by atoms with Crippen LogP contribution in [0.25, 0.3) is 16.7 Å². The van der Waals surface area contributed by atoms with Crippen LogP contribution < -0.4 is 25.6 Å². The number of ether oxygens (including phenoxy) is 1. The fraction of sp³-hybridized carbons (Fsp3) is 0.286. The quantitative estimate of drug-likeness (QED) is 0.233. The molecule has 2 aromatic heterocycles. The van der Waals surface area contributed by atoms with Crippen LogP contribution >= 0.6 is 0 Å². The molecule has 0 aliphatic heterocycles. The highest BCUT2D eigenvalue weighted by Crippen LogP contribution is 2.38. The van der Waals surface area contributed by atoms with Crippen molar-refractivity contribution in [2.24, 2.45) is 0 Å². The molecule has 2 heterocycles. The summed E-state index contributed by atoms with van der Waals surface area (Å²) in [5, 5.41) is 15.2. The van der Waals surface area contributed by atoms with Crippen molar-refractivity contribution in [3.05, 3.63) is 61.3 Å². The Morgan fingerprint density at radius 3 is 2.64 bits per heavy atom. The van der Waals surface area contributed by atoms with Crippen LogP contribution in [0, 0.1) is 0 Å². The molecule has 3 N–H and O–H groups in total. The van der Waals surface area contributed by atoms with Crippen LogP contribution in [0.3, 0.4) is 0 Å². The molecule has 0 aliphatic rings. The van der Waals surface area contributed by atoms with E-state index in [1.54, 1.807) is 24.1 Å². The maximum atomic E-state index is 12.3. The summed E-state index contributed by atoms with van der Waals surface area (Å²) >= 11 is 0. The number of carbonyl (C=O) groups excluding carboxylic acids is 1. The molecule has 11 nitrogen and oxygen atoms in total. The number of nitrogens with zero attached hydrogens (tertiary/aromatic N) is 6. The van der Waals surface area contributed by atoms with Crippen molar-refractivity contribution in [3.63, 3.8) is 0 Å². The van der Waals surface area contributed by atoms with Crippen LogP contribution in [-0.4, -0.2) is 78.4 Å². The molecular weight excluding hydrogens is 494 g/mol. The molecule has 2 aromatic carbocycles. The van der Waals surface area contributed by atoms with Gasteiger partial charge in [-0.05, 0) is 45.3 Å². The Morgan fingerprint density at radius 1 is 1.13 bits per heavy atom. The maximum absolute atomic E-state index is 12.3. The van der Waals surface area contributed by atoms with Gasteiger partial charge in [-0.1, -0.05) is 18.7 Å². The van der Waals surface area contributed by atoms with Crippen LogP contribution in [0.5, 0.6) is 5.75 Å². The zero-order chi connectivity index (χ0) is 27.9. The Bertz CT molecular complexity index is 1460. The number of likely N-dealkylation sites (N-methyl/N-ethyl adjacent to an activating group) is 2. The summed E-state index contributed by atoms with van der Waals surface area (Å²) in [4.78, 5) is 25.6. The fourth-order valence-corrected chi connectivity index (χ4v) is 4.09. The Kier molecular flexibility index (Phi) is 8.62. The number of methoxy groups -OCH3 is 1. The van der Waals surface area contributed by atoms with E-state index in [0.29, 0.717) is 28.9 Å². The molecule has 0 atom stereocenters. The van der Waals surface area contributed by atoms with Crippen molar-refractivity contribution >= 4 is 45.6 Å². The number of nitrogens with one attached hydrogen (secondary N) is 3. The minimum absolute atomic E-state index is 0.311. The minimum atomic E-state index is -0.311. The van der Waals surface area contributed by atoms with E-state index in [-0.39, 0.29) is 5.91 Å². The third-order valence-corrected chi connectivity index (χ3v) is 6.09. The summed E-state index contributed by atoms with van der Waals surface area (Å²) in [5.74, 6) is 2.01. The van der Waals surface area contributed by atoms with Gasteiger partial charge in [0.05, 0.1) is 29.7 Å². The van der Waals surface area contributed by atoms with Crippen molar-refractivity contribution in [1.29, 1.82) is 0 Å². The molecule has 4 rings (SSSR count). The zero-order valence-electron chi connectivity index (χ0n) is 23.0. The van der Waals surface area contributed by atoms with Gasteiger partial charge < -0.3 is 30.5 Å². The van der Waals surface area contributed by atoms with Crippen LogP contribution in [0.4, 0.5) is 28.8 Å². The second-order valence-corrected chi connectivity index (χ2v) is 9.16. The average Bonchev–Trinajstić information content (AvgIpc) is 3.30. The van der Waals surface area contributed by atoms with Crippen LogP contribution in [0.2, 0.25) is 0 Å². The predicted molar refractivity (Wildman–Crippen MR) is 158 cm³/mol. The molecule has 0 bridgehead atoms. The van der Waals surface area contributed by atoms with E-state index >= 15 is 0 Å². The number of hydrogen-bond donors (Lipinski definition) is 3. The topological polar surface area (TPSA) is 112 Å². The van der Waals surface area contributed by atoms with Crippen LogP contribution in [0.15, 0.2) is 61.3 Å². The van der Waals surface area contributed by atoms with Crippen molar-refractivity contribution in [1.82, 2.24) is 24.6 Å². The van der Waals surface area contributed by atoms with Crippen molar-refractivity contribution in [2.75, 3.05) is 68.7 Å². The third-order valence-electron chi connectivity index (χ3n) is 6.09. The number of hydrogen-bond acceptors (Lipinski definition) is 9. The number of benzene rings is 2. The van der Waals surface area contributed by atoms with E-state index in [2.05, 4.69) is 37.3 Å². The summed E-state index contributed by atoms with van der Waals surface area (Å²) < 4.78 is 7.50. The summed E-state index contributed by atoms with van der Waals surface area (Å²) in [5.41, 5.74) is 2.93. The van der Waals surface area contributed by atoms with Gasteiger partial charge in [0.2, 0.25) is 11.9 Å². The Morgan fingerprint density at radius 2 is 1.92 bits per heavy atom. The number of anilines is 5. The second-order valence-electron chi connectivity index (χ2n) is 9.16. The van der Waals surface area contributed by atoms with Gasteiger partial charge in [-0.25, -0.2) is 9.67 Å². The van der Waals surface area contributed by atoms with E-state index in [0.717, 1.165) is 42.0 Å². The number of fused-ring (bicyclic) bond motifs is 1. The zero-order valence-corrected chi connectivity index (χ0v) is 23.0. The van der Waals surface area contributed by atoms with E-state index < -0.39 is 0 Å². The smallest absolute Gasteiger partial charge is 0.247 e. The molecule has 39 heavy (non-hydrogen) atoms. The van der Waals surface area contributed by atoms with E-state index in [1.807, 2.05) is 64.5 Å². The number of rotatable bonds is 12. The van der Waals surface area contributed by atoms with E-state index in [4.69, 9.17) is 14.8 Å². The maximum Gasteiger partial charge on any atom is 0.247 e. The Balaban J connectivity index is 1.71. The minimum Gasteiger partial charge on any atom is -0.494 e. The highest BCUT2D eigenvalue weighted by atomic mass is 16.5. The van der Waals surface area contributed by atoms with Crippen LogP contribution in [0.1, 0.15) is 6.92 Å².